The van der Waals surface area contributed by atoms with Gasteiger partial charge >= 0.3 is 10.4 Å². The quantitative estimate of drug-likeness (QED) is 0.198. The maximum Gasteiger partial charge on any atom is 0.397 e. The molecule has 0 unspecified atom stereocenters. The summed E-state index contributed by atoms with van der Waals surface area (Å²) >= 11 is 0. The van der Waals surface area contributed by atoms with Gasteiger partial charge in [0.2, 0.25) is 0 Å². The molecule has 160 valence electrons. The Morgan fingerprint density at radius 1 is 0.889 bits per heavy atom. The zero-order chi connectivity index (χ0) is 20.5. The van der Waals surface area contributed by atoms with Crippen LogP contribution in [0.3, 0.4) is 0 Å². The molecule has 15 heteroatoms. The van der Waals surface area contributed by atoms with E-state index in [9.17, 15) is 23.7 Å². The highest BCUT2D eigenvalue weighted by molar-refractivity contribution is 7.80. The Kier molecular flexibility index (Phi) is 7.47. The molecule has 3 saturated heterocycles. The van der Waals surface area contributed by atoms with E-state index in [4.69, 9.17) is 34.5 Å². The van der Waals surface area contributed by atoms with Crippen LogP contribution in [-0.2, 0) is 28.8 Å². The van der Waals surface area contributed by atoms with Crippen molar-refractivity contribution in [2.75, 3.05) is 13.2 Å². The molecule has 0 saturated carbocycles. The second kappa shape index (κ2) is 8.87. The Labute approximate surface area is 153 Å². The highest BCUT2D eigenvalue weighted by atomic mass is 32.3. The number of rotatable bonds is 3. The van der Waals surface area contributed by atoms with Crippen LogP contribution in [-0.4, -0.2) is 123 Å². The molecule has 0 spiro atoms. The lowest BCUT2D eigenvalue weighted by molar-refractivity contribution is -0.282. The van der Waals surface area contributed by atoms with Crippen LogP contribution in [0.15, 0.2) is 0 Å². The van der Waals surface area contributed by atoms with Gasteiger partial charge in [-0.05, 0) is 0 Å². The molecular weight excluding hydrogens is 400 g/mol. The Hall–Kier alpha value is -0.530. The molecule has 14 nitrogen and oxygen atoms in total. The van der Waals surface area contributed by atoms with E-state index in [1.807, 2.05) is 0 Å². The minimum Gasteiger partial charge on any atom is -0.394 e. The molecule has 0 aliphatic carbocycles. The van der Waals surface area contributed by atoms with E-state index < -0.39 is 78.4 Å². The van der Waals surface area contributed by atoms with Crippen molar-refractivity contribution in [1.29, 1.82) is 0 Å². The molecule has 8 N–H and O–H groups in total. The minimum absolute atomic E-state index is 0.236. The van der Waals surface area contributed by atoms with Crippen LogP contribution in [0.4, 0.5) is 0 Å². The number of hydrogen-bond donors (Lipinski definition) is 8. The van der Waals surface area contributed by atoms with Crippen molar-refractivity contribution in [1.82, 2.24) is 0 Å². The molecule has 0 amide bonds. The van der Waals surface area contributed by atoms with Crippen LogP contribution in [0.5, 0.6) is 0 Å². The molecule has 0 radical (unpaired) electrons. The highest BCUT2D eigenvalue weighted by Crippen LogP contribution is 2.28. The van der Waals surface area contributed by atoms with Crippen LogP contribution in [0, 0.1) is 0 Å². The monoisotopic (exact) mass is 422 g/mol. The maximum absolute atomic E-state index is 10.4. The molecular formula is C12H22O14S. The fraction of sp³-hybridized carbons (Fsp3) is 1.00. The molecule has 27 heavy (non-hydrogen) atoms. The van der Waals surface area contributed by atoms with Gasteiger partial charge < -0.3 is 50.0 Å². The lowest BCUT2D eigenvalue weighted by atomic mass is 9.99. The van der Waals surface area contributed by atoms with Crippen molar-refractivity contribution >= 4 is 10.4 Å². The van der Waals surface area contributed by atoms with Crippen LogP contribution in [0.2, 0.25) is 0 Å². The van der Waals surface area contributed by atoms with Crippen molar-refractivity contribution in [3.63, 3.8) is 0 Å². The van der Waals surface area contributed by atoms with Crippen molar-refractivity contribution in [2.45, 2.75) is 61.4 Å². The van der Waals surface area contributed by atoms with E-state index in [0.717, 1.165) is 0 Å². The summed E-state index contributed by atoms with van der Waals surface area (Å²) in [6, 6.07) is 0. The molecule has 0 aromatic heterocycles. The lowest BCUT2D eigenvalue weighted by Crippen LogP contribution is -2.59. The largest absolute Gasteiger partial charge is 0.397 e. The molecule has 3 aliphatic rings. The Morgan fingerprint density at radius 2 is 1.48 bits per heavy atom. The van der Waals surface area contributed by atoms with Crippen LogP contribution in [0.25, 0.3) is 0 Å². The Morgan fingerprint density at radius 3 is 2.04 bits per heavy atom. The van der Waals surface area contributed by atoms with Crippen molar-refractivity contribution < 1.29 is 67.1 Å². The second-order valence-electron chi connectivity index (χ2n) is 6.06. The van der Waals surface area contributed by atoms with Crippen LogP contribution < -0.4 is 0 Å². The second-order valence-corrected chi connectivity index (χ2v) is 7.11. The van der Waals surface area contributed by atoms with Crippen molar-refractivity contribution in [3.05, 3.63) is 0 Å². The number of aliphatic hydroxyl groups excluding tert-OH is 7. The summed E-state index contributed by atoms with van der Waals surface area (Å²) in [5.74, 6) is 0. The predicted molar refractivity (Wildman–Crippen MR) is 79.0 cm³/mol. The fourth-order valence-corrected chi connectivity index (χ4v) is 3.30. The normalized spacial score (nSPS) is 47.3. The SMILES string of the molecule is O=S(=O)(O)O[C@@H]1[C@H](O)[C@@H](O)[C@H](O)O[C@@H]1CO.O[C@@H]1[C@H]2OC[C@@H](O[C@@H]1O)[C@@H]2O. The van der Waals surface area contributed by atoms with Gasteiger partial charge in [0.05, 0.1) is 13.2 Å². The standard InChI is InChI=1S/C6H12O9S.C6H10O5/c7-1-2-5(15-16(11,12)13)3(8)4(9)6(10)14-2;7-3-2-1-10-5(3)4(8)6(9)11-2/h2-10H,1H2,(H,11,12,13);2-9H,1H2/t2-,3-,4-,5+,6-;2-,3+,4-,5+,6+/m11/s1. The number of ether oxygens (including phenoxy) is 3. The average Bonchev–Trinajstić information content (AvgIpc) is 2.86. The summed E-state index contributed by atoms with van der Waals surface area (Å²) in [5, 5.41) is 63.8. The zero-order valence-corrected chi connectivity index (χ0v) is 14.4. The van der Waals surface area contributed by atoms with Gasteiger partial charge in [-0.1, -0.05) is 0 Å². The summed E-state index contributed by atoms with van der Waals surface area (Å²) in [4.78, 5) is 0. The topological polar surface area (TPSA) is 233 Å². The third-order valence-corrected chi connectivity index (χ3v) is 4.65. The Balaban J connectivity index is 0.000000206. The average molecular weight is 422 g/mol. The molecule has 3 aliphatic heterocycles. The van der Waals surface area contributed by atoms with Crippen LogP contribution >= 0.6 is 0 Å². The zero-order valence-electron chi connectivity index (χ0n) is 13.6. The minimum atomic E-state index is -4.88. The van der Waals surface area contributed by atoms with E-state index in [0.29, 0.717) is 0 Å². The van der Waals surface area contributed by atoms with Gasteiger partial charge in [-0.25, -0.2) is 4.18 Å². The summed E-state index contributed by atoms with van der Waals surface area (Å²) in [5.41, 5.74) is 0. The third kappa shape index (κ3) is 5.30. The maximum atomic E-state index is 10.4. The number of hydrogen-bond acceptors (Lipinski definition) is 13. The summed E-state index contributed by atoms with van der Waals surface area (Å²) < 4.78 is 47.7. The molecule has 3 rings (SSSR count). The first-order valence-corrected chi connectivity index (χ1v) is 9.10. The van der Waals surface area contributed by atoms with Gasteiger partial charge in [-0.2, -0.15) is 8.42 Å². The van der Waals surface area contributed by atoms with Gasteiger partial charge in [0.25, 0.3) is 0 Å². The molecule has 0 aromatic carbocycles. The van der Waals surface area contributed by atoms with Gasteiger partial charge in [-0.3, -0.25) is 4.55 Å². The fourth-order valence-electron chi connectivity index (χ4n) is 2.78. The Bertz CT molecular complexity index is 583. The highest BCUT2D eigenvalue weighted by Gasteiger charge is 2.49. The van der Waals surface area contributed by atoms with Gasteiger partial charge in [0, 0.05) is 0 Å². The summed E-state index contributed by atoms with van der Waals surface area (Å²) in [6.45, 7) is -0.541. The van der Waals surface area contributed by atoms with E-state index >= 15 is 0 Å². The molecule has 10 atom stereocenters. The molecule has 3 heterocycles. The molecule has 2 bridgehead atoms. The van der Waals surface area contributed by atoms with Gasteiger partial charge in [-0.15, -0.1) is 0 Å². The summed E-state index contributed by atoms with van der Waals surface area (Å²) in [6.07, 6.45) is -12.9. The van der Waals surface area contributed by atoms with Crippen LogP contribution in [0.1, 0.15) is 0 Å². The molecule has 3 fully saturated rings. The number of fused-ring (bicyclic) bond motifs is 2. The van der Waals surface area contributed by atoms with Crippen molar-refractivity contribution in [3.8, 4) is 0 Å². The first kappa shape index (κ1) is 22.8. The van der Waals surface area contributed by atoms with E-state index in [-0.39, 0.29) is 6.61 Å². The van der Waals surface area contributed by atoms with Gasteiger partial charge in [0.15, 0.2) is 12.6 Å². The third-order valence-electron chi connectivity index (χ3n) is 4.19. The van der Waals surface area contributed by atoms with E-state index in [2.05, 4.69) is 8.92 Å². The summed E-state index contributed by atoms with van der Waals surface area (Å²) in [7, 11) is -4.88. The van der Waals surface area contributed by atoms with E-state index in [1.165, 1.54) is 0 Å². The first-order valence-electron chi connectivity index (χ1n) is 7.73. The first-order chi connectivity index (χ1) is 12.5. The molecule has 0 aromatic rings. The lowest BCUT2D eigenvalue weighted by Gasteiger charge is -2.38. The smallest absolute Gasteiger partial charge is 0.394 e. The van der Waals surface area contributed by atoms with Crippen molar-refractivity contribution in [2.24, 2.45) is 0 Å². The van der Waals surface area contributed by atoms with Gasteiger partial charge in [0.1, 0.15) is 48.8 Å². The predicted octanol–water partition coefficient (Wildman–Crippen LogP) is -5.57. The van der Waals surface area contributed by atoms with E-state index in [1.54, 1.807) is 0 Å². The number of aliphatic hydroxyl groups is 7.